The van der Waals surface area contributed by atoms with Gasteiger partial charge in [0.05, 0.1) is 29.7 Å². The maximum atomic E-state index is 13.4. The Labute approximate surface area is 234 Å². The minimum absolute atomic E-state index is 0.0375. The van der Waals surface area contributed by atoms with Crippen LogP contribution in [0.2, 0.25) is 0 Å². The molecule has 2 N–H and O–H groups in total. The molecule has 200 valence electrons. The van der Waals surface area contributed by atoms with Crippen molar-refractivity contribution in [1.82, 2.24) is 10.2 Å². The van der Waals surface area contributed by atoms with Gasteiger partial charge in [-0.15, -0.1) is 10.2 Å². The summed E-state index contributed by atoms with van der Waals surface area (Å²) in [4.78, 5) is 27.1. The van der Waals surface area contributed by atoms with E-state index in [9.17, 15) is 14.9 Å². The summed E-state index contributed by atoms with van der Waals surface area (Å²) in [5.74, 6) is 0.0719. The summed E-state index contributed by atoms with van der Waals surface area (Å²) in [5.41, 5.74) is 9.30. The maximum absolute atomic E-state index is 13.4. The molecule has 0 saturated heterocycles. The molecular formula is C28H27N5O4S2. The number of aromatic nitrogens is 2. The highest BCUT2D eigenvalue weighted by Gasteiger charge is 2.42. The molecule has 2 aliphatic rings. The molecule has 11 heteroatoms. The third-order valence-electron chi connectivity index (χ3n) is 6.43. The number of thioether (sulfide) groups is 1. The van der Waals surface area contributed by atoms with Crippen LogP contribution in [0.1, 0.15) is 62.1 Å². The average Bonchev–Trinajstić information content (AvgIpc) is 3.58. The average molecular weight is 562 g/mol. The first-order chi connectivity index (χ1) is 18.8. The Hall–Kier alpha value is -3.88. The van der Waals surface area contributed by atoms with E-state index >= 15 is 0 Å². The fourth-order valence-electron chi connectivity index (χ4n) is 4.78. The molecule has 1 aliphatic carbocycles. The second kappa shape index (κ2) is 11.1. The van der Waals surface area contributed by atoms with Crippen molar-refractivity contribution in [3.05, 3.63) is 70.4 Å². The van der Waals surface area contributed by atoms with Crippen LogP contribution in [0.4, 0.5) is 5.13 Å². The molecule has 0 saturated carbocycles. The van der Waals surface area contributed by atoms with E-state index < -0.39 is 11.9 Å². The lowest BCUT2D eigenvalue weighted by Crippen LogP contribution is -2.38. The number of nitrogens with two attached hydrogens (primary N) is 1. The van der Waals surface area contributed by atoms with Gasteiger partial charge in [-0.2, -0.15) is 5.26 Å². The molecule has 9 nitrogen and oxygen atoms in total. The molecule has 0 spiro atoms. The van der Waals surface area contributed by atoms with Crippen molar-refractivity contribution in [3.63, 3.8) is 0 Å². The Kier molecular flexibility index (Phi) is 7.59. The summed E-state index contributed by atoms with van der Waals surface area (Å²) in [7, 11) is 0. The Morgan fingerprint density at radius 1 is 1.26 bits per heavy atom. The number of esters is 1. The van der Waals surface area contributed by atoms with Crippen LogP contribution in [-0.2, 0) is 9.53 Å². The number of allylic oxidation sites excluding steroid dienone is 3. The first-order valence-corrected chi connectivity index (χ1v) is 14.4. The number of hydrogen-bond donors (Lipinski definition) is 1. The third kappa shape index (κ3) is 5.10. The number of carbonyl (C=O) groups is 2. The van der Waals surface area contributed by atoms with Gasteiger partial charge in [-0.25, -0.2) is 4.79 Å². The van der Waals surface area contributed by atoms with E-state index in [1.807, 2.05) is 0 Å². The van der Waals surface area contributed by atoms with Gasteiger partial charge >= 0.3 is 5.97 Å². The van der Waals surface area contributed by atoms with Crippen LogP contribution < -0.4 is 10.6 Å². The fraction of sp³-hybridized carbons (Fsp3) is 0.321. The standard InChI is InChI=1S/C28H27N5O4S2/c1-4-36-26(35)17-10-8-16(9-11-17)21-12-13-22(37-21)23-18(14-29)25(30)33(19-6-5-7-20(34)24(19)23)27-31-32-28(39-27)38-15(2)3/h8-13,15,23H,4-7,30H2,1-3H3/t23-/m0/s1. The van der Waals surface area contributed by atoms with Gasteiger partial charge in [0, 0.05) is 28.5 Å². The lowest BCUT2D eigenvalue weighted by molar-refractivity contribution is -0.116. The van der Waals surface area contributed by atoms with E-state index in [4.69, 9.17) is 14.9 Å². The normalized spacial score (nSPS) is 17.5. The maximum Gasteiger partial charge on any atom is 0.338 e. The Balaban J connectivity index is 1.54. The zero-order valence-electron chi connectivity index (χ0n) is 21.8. The van der Waals surface area contributed by atoms with Crippen molar-refractivity contribution >= 4 is 40.0 Å². The summed E-state index contributed by atoms with van der Waals surface area (Å²) in [6, 6.07) is 12.7. The van der Waals surface area contributed by atoms with E-state index in [1.165, 1.54) is 11.3 Å². The molecule has 0 amide bonds. The van der Waals surface area contributed by atoms with Crippen LogP contribution in [0, 0.1) is 11.3 Å². The zero-order valence-corrected chi connectivity index (χ0v) is 23.4. The zero-order chi connectivity index (χ0) is 27.7. The summed E-state index contributed by atoms with van der Waals surface area (Å²) < 4.78 is 12.1. The molecule has 1 atom stereocenters. The van der Waals surface area contributed by atoms with Crippen molar-refractivity contribution in [2.24, 2.45) is 5.73 Å². The predicted molar refractivity (Wildman–Crippen MR) is 149 cm³/mol. The third-order valence-corrected chi connectivity index (χ3v) is 8.43. The number of Topliss-reactive ketones (excluding diaryl/α,β-unsaturated/α-hetero) is 1. The molecule has 0 bridgehead atoms. The van der Waals surface area contributed by atoms with Crippen LogP contribution in [0.25, 0.3) is 11.3 Å². The van der Waals surface area contributed by atoms with Crippen molar-refractivity contribution in [1.29, 1.82) is 5.26 Å². The van der Waals surface area contributed by atoms with E-state index in [0.717, 1.165) is 15.6 Å². The van der Waals surface area contributed by atoms with Gasteiger partial charge in [-0.3, -0.25) is 9.69 Å². The van der Waals surface area contributed by atoms with E-state index in [0.29, 0.717) is 58.9 Å². The lowest BCUT2D eigenvalue weighted by Gasteiger charge is -2.37. The molecule has 3 aromatic rings. The van der Waals surface area contributed by atoms with Crippen LogP contribution in [0.5, 0.6) is 0 Å². The number of carbonyl (C=O) groups excluding carboxylic acids is 2. The number of anilines is 1. The fourth-order valence-corrected chi connectivity index (χ4v) is 6.88. The van der Waals surface area contributed by atoms with E-state index in [1.54, 1.807) is 60.0 Å². The quantitative estimate of drug-likeness (QED) is 0.279. The number of hydrogen-bond acceptors (Lipinski definition) is 11. The van der Waals surface area contributed by atoms with E-state index in [2.05, 4.69) is 30.1 Å². The van der Waals surface area contributed by atoms with Gasteiger partial charge in [-0.05, 0) is 44.0 Å². The molecule has 1 aliphatic heterocycles. The summed E-state index contributed by atoms with van der Waals surface area (Å²) in [5, 5.41) is 19.7. The summed E-state index contributed by atoms with van der Waals surface area (Å²) >= 11 is 2.98. The van der Waals surface area contributed by atoms with Crippen LogP contribution in [0.15, 0.2) is 67.8 Å². The minimum Gasteiger partial charge on any atom is -0.462 e. The van der Waals surface area contributed by atoms with Crippen LogP contribution >= 0.6 is 23.1 Å². The monoisotopic (exact) mass is 561 g/mol. The van der Waals surface area contributed by atoms with Gasteiger partial charge in [0.15, 0.2) is 10.1 Å². The lowest BCUT2D eigenvalue weighted by atomic mass is 9.78. The number of ether oxygens (including phenoxy) is 1. The SMILES string of the molecule is CCOC(=O)c1ccc(-c2ccc([C@@H]3C(C#N)=C(N)N(c4nnc(SC(C)C)s4)C4=C3C(=O)CCC4)o2)cc1. The summed E-state index contributed by atoms with van der Waals surface area (Å²) in [6.07, 6.45) is 1.68. The molecule has 1 aromatic carbocycles. The van der Waals surface area contributed by atoms with Gasteiger partial charge in [-0.1, -0.05) is 49.1 Å². The van der Waals surface area contributed by atoms with Crippen molar-refractivity contribution in [2.75, 3.05) is 11.5 Å². The smallest absolute Gasteiger partial charge is 0.338 e. The second-order valence-corrected chi connectivity index (χ2v) is 12.1. The Morgan fingerprint density at radius 2 is 2.03 bits per heavy atom. The molecule has 0 unspecified atom stereocenters. The van der Waals surface area contributed by atoms with Gasteiger partial charge in [0.2, 0.25) is 5.13 Å². The van der Waals surface area contributed by atoms with E-state index in [-0.39, 0.29) is 17.2 Å². The van der Waals surface area contributed by atoms with Gasteiger partial charge < -0.3 is 14.9 Å². The van der Waals surface area contributed by atoms with Crippen LogP contribution in [-0.4, -0.2) is 33.8 Å². The highest BCUT2D eigenvalue weighted by molar-refractivity contribution is 8.01. The first-order valence-electron chi connectivity index (χ1n) is 12.7. The van der Waals surface area contributed by atoms with Crippen LogP contribution in [0.3, 0.4) is 0 Å². The summed E-state index contributed by atoms with van der Waals surface area (Å²) in [6.45, 7) is 6.21. The largest absolute Gasteiger partial charge is 0.462 e. The number of benzene rings is 1. The second-order valence-electron chi connectivity index (χ2n) is 9.33. The molecule has 2 aromatic heterocycles. The molecule has 5 rings (SSSR count). The Bertz CT molecular complexity index is 1530. The minimum atomic E-state index is -0.723. The van der Waals surface area contributed by atoms with Gasteiger partial charge in [0.1, 0.15) is 17.3 Å². The number of rotatable bonds is 7. The molecule has 3 heterocycles. The topological polar surface area (TPSA) is 135 Å². The number of furan rings is 1. The number of nitrogens with zero attached hydrogens (tertiary/aromatic N) is 4. The highest BCUT2D eigenvalue weighted by atomic mass is 32.2. The van der Waals surface area contributed by atoms with Gasteiger partial charge in [0.25, 0.3) is 0 Å². The Morgan fingerprint density at radius 3 is 2.72 bits per heavy atom. The highest BCUT2D eigenvalue weighted by Crippen LogP contribution is 2.48. The van der Waals surface area contributed by atoms with Crippen molar-refractivity contribution in [3.8, 4) is 17.4 Å². The molecule has 0 radical (unpaired) electrons. The number of ketones is 1. The predicted octanol–water partition coefficient (Wildman–Crippen LogP) is 5.78. The molecule has 39 heavy (non-hydrogen) atoms. The van der Waals surface area contributed by atoms with Crippen molar-refractivity contribution in [2.45, 2.75) is 55.5 Å². The van der Waals surface area contributed by atoms with Crippen molar-refractivity contribution < 1.29 is 18.7 Å². The first kappa shape index (κ1) is 26.7. The molecular weight excluding hydrogens is 534 g/mol. The number of nitriles is 1. The molecule has 0 fully saturated rings.